The van der Waals surface area contributed by atoms with E-state index in [0.717, 1.165) is 49.4 Å². The van der Waals surface area contributed by atoms with E-state index < -0.39 is 0 Å². The second-order valence-electron chi connectivity index (χ2n) is 6.36. The molecule has 0 aliphatic heterocycles. The van der Waals surface area contributed by atoms with E-state index in [1.165, 1.54) is 19.3 Å². The van der Waals surface area contributed by atoms with Crippen LogP contribution in [0.5, 0.6) is 11.5 Å². The highest BCUT2D eigenvalue weighted by atomic mass is 16.5. The third-order valence-electron chi connectivity index (χ3n) is 3.81. The highest BCUT2D eigenvalue weighted by molar-refractivity contribution is 5.32. The summed E-state index contributed by atoms with van der Waals surface area (Å²) in [6, 6.07) is 8.01. The van der Waals surface area contributed by atoms with Crippen molar-refractivity contribution in [2.24, 2.45) is 11.8 Å². The monoisotopic (exact) mass is 292 g/mol. The summed E-state index contributed by atoms with van der Waals surface area (Å²) in [7, 11) is 0. The van der Waals surface area contributed by atoms with Gasteiger partial charge in [-0.05, 0) is 49.7 Å². The molecule has 21 heavy (non-hydrogen) atoms. The summed E-state index contributed by atoms with van der Waals surface area (Å²) in [4.78, 5) is 0. The molecule has 1 unspecified atom stereocenters. The van der Waals surface area contributed by atoms with Gasteiger partial charge in [-0.15, -0.1) is 0 Å². The average Bonchev–Trinajstić information content (AvgIpc) is 2.48. The van der Waals surface area contributed by atoms with Gasteiger partial charge in [-0.3, -0.25) is 0 Å². The third kappa shape index (κ3) is 8.64. The highest BCUT2D eigenvalue weighted by Gasteiger charge is 2.01. The molecule has 2 nitrogen and oxygen atoms in total. The zero-order chi connectivity index (χ0) is 15.5. The third-order valence-corrected chi connectivity index (χ3v) is 3.81. The summed E-state index contributed by atoms with van der Waals surface area (Å²) < 4.78 is 11.6. The molecule has 0 aromatic heterocycles. The van der Waals surface area contributed by atoms with Crippen LogP contribution < -0.4 is 9.47 Å². The predicted octanol–water partition coefficient (Wildman–Crippen LogP) is 5.71. The van der Waals surface area contributed by atoms with Crippen LogP contribution in [0.15, 0.2) is 24.3 Å². The molecule has 1 aromatic rings. The van der Waals surface area contributed by atoms with Gasteiger partial charge in [0.15, 0.2) is 0 Å². The Morgan fingerprint density at radius 1 is 0.905 bits per heavy atom. The molecule has 1 atom stereocenters. The zero-order valence-corrected chi connectivity index (χ0v) is 14.2. The van der Waals surface area contributed by atoms with E-state index in [1.54, 1.807) is 0 Å². The summed E-state index contributed by atoms with van der Waals surface area (Å²) in [5, 5.41) is 0. The molecular weight excluding hydrogens is 260 g/mol. The molecular formula is C19H32O2. The number of benzene rings is 1. The van der Waals surface area contributed by atoms with E-state index in [1.807, 2.05) is 24.3 Å². The van der Waals surface area contributed by atoms with Gasteiger partial charge in [0.1, 0.15) is 11.5 Å². The van der Waals surface area contributed by atoms with Crippen LogP contribution in [-0.4, -0.2) is 13.2 Å². The molecule has 0 bridgehead atoms. The molecule has 0 N–H and O–H groups in total. The number of ether oxygens (including phenoxy) is 2. The van der Waals surface area contributed by atoms with Crippen LogP contribution in [0, 0.1) is 11.8 Å². The van der Waals surface area contributed by atoms with Gasteiger partial charge in [-0.2, -0.15) is 0 Å². The van der Waals surface area contributed by atoms with Gasteiger partial charge in [0.2, 0.25) is 0 Å². The van der Waals surface area contributed by atoms with Crippen LogP contribution >= 0.6 is 0 Å². The first-order valence-electron chi connectivity index (χ1n) is 8.47. The van der Waals surface area contributed by atoms with Crippen LogP contribution in [-0.2, 0) is 0 Å². The molecule has 0 amide bonds. The van der Waals surface area contributed by atoms with Crippen LogP contribution in [0.2, 0.25) is 0 Å². The van der Waals surface area contributed by atoms with E-state index in [4.69, 9.17) is 9.47 Å². The molecule has 120 valence electrons. The Labute approximate surface area is 130 Å². The van der Waals surface area contributed by atoms with Crippen LogP contribution in [0.1, 0.15) is 59.8 Å². The Hall–Kier alpha value is -1.18. The van der Waals surface area contributed by atoms with E-state index in [0.29, 0.717) is 0 Å². The van der Waals surface area contributed by atoms with Crippen molar-refractivity contribution in [2.75, 3.05) is 13.2 Å². The zero-order valence-electron chi connectivity index (χ0n) is 14.2. The second kappa shape index (κ2) is 10.5. The highest BCUT2D eigenvalue weighted by Crippen LogP contribution is 2.20. The first-order valence-corrected chi connectivity index (χ1v) is 8.47. The Bertz CT molecular complexity index is 374. The molecule has 0 spiro atoms. The first kappa shape index (κ1) is 17.9. The first-order chi connectivity index (χ1) is 10.1. The van der Waals surface area contributed by atoms with Gasteiger partial charge in [0.05, 0.1) is 13.2 Å². The van der Waals surface area contributed by atoms with Gasteiger partial charge in [-0.25, -0.2) is 0 Å². The van der Waals surface area contributed by atoms with Crippen LogP contribution in [0.3, 0.4) is 0 Å². The summed E-state index contributed by atoms with van der Waals surface area (Å²) in [5.74, 6) is 3.37. The predicted molar refractivity (Wildman–Crippen MR) is 90.2 cm³/mol. The van der Waals surface area contributed by atoms with Crippen LogP contribution in [0.25, 0.3) is 0 Å². The standard InChI is InChI=1S/C19H32O2/c1-5-17(4)10-8-14-21-19-12-6-11-18(15-19)20-13-7-9-16(2)3/h6,11-12,15-17H,5,7-10,13-14H2,1-4H3. The van der Waals surface area contributed by atoms with Crippen molar-refractivity contribution in [3.05, 3.63) is 24.3 Å². The molecule has 0 heterocycles. The van der Waals surface area contributed by atoms with Crippen molar-refractivity contribution in [3.63, 3.8) is 0 Å². The largest absolute Gasteiger partial charge is 0.493 e. The molecule has 1 aromatic carbocycles. The fourth-order valence-electron chi connectivity index (χ4n) is 2.16. The summed E-state index contributed by atoms with van der Waals surface area (Å²) in [5.41, 5.74) is 0. The van der Waals surface area contributed by atoms with E-state index in [2.05, 4.69) is 27.7 Å². The smallest absolute Gasteiger partial charge is 0.122 e. The molecule has 0 saturated carbocycles. The normalized spacial score (nSPS) is 12.4. The van der Waals surface area contributed by atoms with E-state index in [-0.39, 0.29) is 0 Å². The molecule has 1 rings (SSSR count). The fraction of sp³-hybridized carbons (Fsp3) is 0.684. The number of hydrogen-bond donors (Lipinski definition) is 0. The Balaban J connectivity index is 2.25. The quantitative estimate of drug-likeness (QED) is 0.487. The number of rotatable bonds is 11. The second-order valence-corrected chi connectivity index (χ2v) is 6.36. The van der Waals surface area contributed by atoms with E-state index >= 15 is 0 Å². The van der Waals surface area contributed by atoms with Gasteiger partial charge in [0, 0.05) is 6.07 Å². The summed E-state index contributed by atoms with van der Waals surface area (Å²) in [6.07, 6.45) is 5.93. The van der Waals surface area contributed by atoms with Crippen molar-refractivity contribution < 1.29 is 9.47 Å². The lowest BCUT2D eigenvalue weighted by Gasteiger charge is -2.11. The molecule has 2 heteroatoms. The number of hydrogen-bond acceptors (Lipinski definition) is 2. The Morgan fingerprint density at radius 3 is 2.00 bits per heavy atom. The lowest BCUT2D eigenvalue weighted by Crippen LogP contribution is -2.02. The molecule has 0 radical (unpaired) electrons. The van der Waals surface area contributed by atoms with Crippen LogP contribution in [0.4, 0.5) is 0 Å². The van der Waals surface area contributed by atoms with Crippen molar-refractivity contribution >= 4 is 0 Å². The molecule has 0 saturated heterocycles. The maximum Gasteiger partial charge on any atom is 0.122 e. The Kier molecular flexibility index (Phi) is 8.96. The van der Waals surface area contributed by atoms with Gasteiger partial charge < -0.3 is 9.47 Å². The minimum absolute atomic E-state index is 0.744. The van der Waals surface area contributed by atoms with Gasteiger partial charge >= 0.3 is 0 Å². The maximum absolute atomic E-state index is 5.81. The van der Waals surface area contributed by atoms with Crippen molar-refractivity contribution in [1.29, 1.82) is 0 Å². The van der Waals surface area contributed by atoms with Gasteiger partial charge in [-0.1, -0.05) is 40.2 Å². The Morgan fingerprint density at radius 2 is 1.48 bits per heavy atom. The lowest BCUT2D eigenvalue weighted by atomic mass is 10.0. The molecule has 0 aliphatic carbocycles. The topological polar surface area (TPSA) is 18.5 Å². The lowest BCUT2D eigenvalue weighted by molar-refractivity contribution is 0.282. The van der Waals surface area contributed by atoms with Crippen molar-refractivity contribution in [2.45, 2.75) is 59.8 Å². The van der Waals surface area contributed by atoms with Crippen molar-refractivity contribution in [3.8, 4) is 11.5 Å². The van der Waals surface area contributed by atoms with Gasteiger partial charge in [0.25, 0.3) is 0 Å². The average molecular weight is 292 g/mol. The molecule has 0 fully saturated rings. The fourth-order valence-corrected chi connectivity index (χ4v) is 2.16. The minimum Gasteiger partial charge on any atom is -0.493 e. The maximum atomic E-state index is 5.81. The molecule has 0 aliphatic rings. The summed E-state index contributed by atoms with van der Waals surface area (Å²) in [6.45, 7) is 10.6. The minimum atomic E-state index is 0.744. The van der Waals surface area contributed by atoms with E-state index in [9.17, 15) is 0 Å². The summed E-state index contributed by atoms with van der Waals surface area (Å²) >= 11 is 0. The SMILES string of the molecule is CCC(C)CCCOc1cccc(OCCCC(C)C)c1. The van der Waals surface area contributed by atoms with Crippen molar-refractivity contribution in [1.82, 2.24) is 0 Å².